The van der Waals surface area contributed by atoms with Crippen LogP contribution >= 0.6 is 0 Å². The molecule has 2 aliphatic carbocycles. The number of ether oxygens (including phenoxy) is 9. The molecule has 4 unspecified atom stereocenters. The van der Waals surface area contributed by atoms with Gasteiger partial charge in [-0.05, 0) is 223 Å². The molecule has 2 fully saturated rings. The average molecular weight is 1750 g/mol. The molecule has 0 aliphatic heterocycles. The first-order chi connectivity index (χ1) is 62.1. The van der Waals surface area contributed by atoms with Gasteiger partial charge in [-0.2, -0.15) is 15.8 Å². The number of nitriles is 3. The Hall–Kier alpha value is -15.3. The van der Waals surface area contributed by atoms with Gasteiger partial charge in [0.2, 0.25) is 0 Å². The summed E-state index contributed by atoms with van der Waals surface area (Å²) in [5, 5.41) is 28.4. The van der Waals surface area contributed by atoms with E-state index >= 15 is 0 Å². The Kier molecular flexibility index (Phi) is 40.5. The summed E-state index contributed by atoms with van der Waals surface area (Å²) in [6.45, 7) is 34.1. The van der Waals surface area contributed by atoms with Crippen LogP contribution in [0.15, 0.2) is 179 Å². The molecule has 0 bridgehead atoms. The number of anilines is 6. The van der Waals surface area contributed by atoms with Gasteiger partial charge in [0.15, 0.2) is 0 Å². The Morgan fingerprint density at radius 3 is 0.690 bits per heavy atom. The van der Waals surface area contributed by atoms with Crippen LogP contribution < -0.4 is 29.4 Å². The smallest absolute Gasteiger partial charge is 0.348 e. The number of hydrogen-bond donors (Lipinski definition) is 0. The molecule has 30 nitrogen and oxygen atoms in total. The second-order valence-electron chi connectivity index (χ2n) is 29.9. The standard InChI is InChI=1S/C54H60N6O12.C45H48N6O6/c1-9-67-52(64)43(36-55)30-37-12-18-44(19-13-37)58(6)24-27-70-49(61)40-33-41(50(62)71-28-25-59(7)45-20-14-38(15-21-45)31-47(56-4)53(65)68-10-2)35-42(34-40)51(63)72-29-26-60(8)46-22-16-39(17-23-46)32-48(57-5)54(66)69-11-3;1-8-55-43(52)34(29-46)23-31-11-17-36(18-12-31)49(5)39-26-40(50(6)37-19-13-32(14-20-37)24-35(30-47)44(53)56-9-2)28-41(27-39)51(7)38-21-15-33(16-22-38)25-42(48-4)45(54)57-10-3/h12-23,30-32,40-42H,9-11,24-29,33-35H2,1-3,6-8H3;11-25,39-41H,8-10,26-28H2,1-3,5-7H3/b43-30+,47-31-,48-32-;34-23+,35-24+,42-25-. The summed E-state index contributed by atoms with van der Waals surface area (Å²) in [6, 6.07) is 50.5. The maximum Gasteiger partial charge on any atom is 0.348 e. The van der Waals surface area contributed by atoms with Crippen molar-refractivity contribution in [3.8, 4) is 18.2 Å². The molecule has 0 amide bonds. The van der Waals surface area contributed by atoms with Crippen LogP contribution in [0.25, 0.3) is 51.0 Å². The topological polar surface area (TPSA) is 341 Å². The van der Waals surface area contributed by atoms with Gasteiger partial charge in [0.05, 0.1) is 96.7 Å². The molecule has 129 heavy (non-hydrogen) atoms. The molecular weight excluding hydrogens is 1650 g/mol. The van der Waals surface area contributed by atoms with Crippen LogP contribution in [0.2, 0.25) is 0 Å². The number of nitrogens with zero attached hydrogens (tertiary/aromatic N) is 12. The molecule has 0 radical (unpaired) electrons. The minimum Gasteiger partial charge on any atom is -0.471 e. The highest BCUT2D eigenvalue weighted by atomic mass is 16.6. The van der Waals surface area contributed by atoms with Crippen molar-refractivity contribution in [2.45, 2.75) is 98.2 Å². The van der Waals surface area contributed by atoms with E-state index < -0.39 is 71.5 Å². The molecule has 2 saturated carbocycles. The third kappa shape index (κ3) is 30.5. The summed E-state index contributed by atoms with van der Waals surface area (Å²) < 4.78 is 47.0. The van der Waals surface area contributed by atoms with Gasteiger partial charge in [-0.1, -0.05) is 72.8 Å². The van der Waals surface area contributed by atoms with E-state index in [1.165, 1.54) is 36.5 Å². The number of likely N-dealkylation sites (N-methyl/N-ethyl adjacent to an activating group) is 3. The average Bonchev–Trinajstić information content (AvgIpc) is 0.786. The molecule has 2 aliphatic rings. The molecule has 0 aromatic heterocycles. The Balaban J connectivity index is 0.000000363. The highest BCUT2D eigenvalue weighted by Crippen LogP contribution is 2.38. The maximum atomic E-state index is 13.7. The van der Waals surface area contributed by atoms with Crippen LogP contribution in [-0.2, 0) is 85.8 Å². The summed E-state index contributed by atoms with van der Waals surface area (Å²) in [7, 11) is 11.7. The summed E-state index contributed by atoms with van der Waals surface area (Å²) in [5.74, 6) is -8.14. The second-order valence-corrected chi connectivity index (χ2v) is 29.9. The number of carbonyl (C=O) groups excluding carboxylic acids is 9. The minimum atomic E-state index is -0.802. The van der Waals surface area contributed by atoms with Crippen molar-refractivity contribution in [2.75, 3.05) is 151 Å². The molecule has 0 N–H and O–H groups in total. The molecule has 0 saturated heterocycles. The van der Waals surface area contributed by atoms with Gasteiger partial charge in [0, 0.05) is 94.5 Å². The Labute approximate surface area is 754 Å². The van der Waals surface area contributed by atoms with Crippen LogP contribution in [0.4, 0.5) is 34.1 Å². The number of hydrogen-bond acceptors (Lipinski definition) is 27. The van der Waals surface area contributed by atoms with E-state index in [1.54, 1.807) is 114 Å². The fraction of sp³-hybridized carbons (Fsp3) is 0.364. The highest BCUT2D eigenvalue weighted by molar-refractivity contribution is 6.00. The van der Waals surface area contributed by atoms with Gasteiger partial charge < -0.3 is 72.0 Å². The third-order valence-corrected chi connectivity index (χ3v) is 21.4. The van der Waals surface area contributed by atoms with Gasteiger partial charge in [0.25, 0.3) is 17.1 Å². The van der Waals surface area contributed by atoms with Crippen molar-refractivity contribution in [3.63, 3.8) is 0 Å². The van der Waals surface area contributed by atoms with E-state index in [-0.39, 0.29) is 131 Å². The summed E-state index contributed by atoms with van der Waals surface area (Å²) in [6.07, 6.45) is 11.8. The van der Waals surface area contributed by atoms with Gasteiger partial charge in [-0.3, -0.25) is 28.8 Å². The maximum absolute atomic E-state index is 13.7. The van der Waals surface area contributed by atoms with Crippen LogP contribution in [0, 0.1) is 71.5 Å². The molecule has 4 atom stereocenters. The van der Waals surface area contributed by atoms with Crippen molar-refractivity contribution >= 4 is 124 Å². The largest absolute Gasteiger partial charge is 0.471 e. The lowest BCUT2D eigenvalue weighted by atomic mass is 9.75. The van der Waals surface area contributed by atoms with Gasteiger partial charge in [0.1, 0.15) is 54.7 Å². The third-order valence-electron chi connectivity index (χ3n) is 21.4. The number of rotatable bonds is 39. The van der Waals surface area contributed by atoms with Crippen LogP contribution in [0.1, 0.15) is 113 Å². The molecule has 6 aromatic rings. The van der Waals surface area contributed by atoms with Gasteiger partial charge in [-0.25, -0.2) is 28.9 Å². The zero-order valence-corrected chi connectivity index (χ0v) is 74.7. The highest BCUT2D eigenvalue weighted by Gasteiger charge is 2.42. The molecule has 30 heteroatoms. The fourth-order valence-corrected chi connectivity index (χ4v) is 14.2. The lowest BCUT2D eigenvalue weighted by Crippen LogP contribution is -2.52. The van der Waals surface area contributed by atoms with E-state index in [2.05, 4.69) is 50.4 Å². The molecule has 8 rings (SSSR count). The molecule has 0 heterocycles. The second kappa shape index (κ2) is 51.9. The van der Waals surface area contributed by atoms with Gasteiger partial charge in [-0.15, -0.1) is 0 Å². The normalized spacial score (nSPS) is 16.1. The van der Waals surface area contributed by atoms with E-state index in [1.807, 2.05) is 127 Å². The lowest BCUT2D eigenvalue weighted by molar-refractivity contribution is -0.161. The SMILES string of the molecule is [C-]#[N+]/C(=C\c1ccc(N(C)C2CC(N(C)c3ccc(/C=C(\C#N)C(=O)OCC)cc3)CC(N(C)c3ccc(/C=C(\C#N)C(=O)OCC)cc3)C2)cc1)C(=O)OCC.[C-]#[N+]/C(=C\c1ccc(N(C)CCOC(=O)C2CC(C(=O)OCCN(C)c3ccc(/C=C(\[N+]#[C-])C(=O)OCC)cc3)CC(C(=O)OCCN(C)c3ccc(/C=C(\C#N)C(=O)OCC)cc3)C2)cc1)C(=O)OCC. The first-order valence-electron chi connectivity index (χ1n) is 42.2. The van der Waals surface area contributed by atoms with E-state index in [4.69, 9.17) is 62.3 Å². The van der Waals surface area contributed by atoms with Gasteiger partial charge >= 0.3 is 53.7 Å². The Morgan fingerprint density at radius 2 is 0.496 bits per heavy atom. The van der Waals surface area contributed by atoms with E-state index in [9.17, 15) is 58.9 Å². The first-order valence-corrected chi connectivity index (χ1v) is 42.2. The number of esters is 9. The Morgan fingerprint density at radius 1 is 0.302 bits per heavy atom. The molecular formula is C99H108N12O18. The zero-order chi connectivity index (χ0) is 94.1. The predicted molar refractivity (Wildman–Crippen MR) is 490 cm³/mol. The minimum absolute atomic E-state index is 0.00456. The monoisotopic (exact) mass is 1750 g/mol. The molecule has 672 valence electrons. The van der Waals surface area contributed by atoms with Crippen molar-refractivity contribution < 1.29 is 85.8 Å². The summed E-state index contributed by atoms with van der Waals surface area (Å²) in [4.78, 5) is 136. The summed E-state index contributed by atoms with van der Waals surface area (Å²) >= 11 is 0. The first kappa shape index (κ1) is 101. The van der Waals surface area contributed by atoms with Crippen molar-refractivity contribution in [2.24, 2.45) is 17.8 Å². The molecule has 0 spiro atoms. The van der Waals surface area contributed by atoms with E-state index in [0.717, 1.165) is 59.0 Å². The van der Waals surface area contributed by atoms with Crippen LogP contribution in [-0.4, -0.2) is 193 Å². The quantitative estimate of drug-likeness (QED) is 0.0114. The van der Waals surface area contributed by atoms with Crippen LogP contribution in [0.3, 0.4) is 0 Å². The van der Waals surface area contributed by atoms with E-state index in [0.29, 0.717) is 47.5 Å². The summed E-state index contributed by atoms with van der Waals surface area (Å²) in [5.41, 5.74) is 8.71. The van der Waals surface area contributed by atoms with Crippen molar-refractivity contribution in [3.05, 3.63) is 247 Å². The van der Waals surface area contributed by atoms with Crippen molar-refractivity contribution in [1.29, 1.82) is 15.8 Å². The fourth-order valence-electron chi connectivity index (χ4n) is 14.2. The lowest BCUT2D eigenvalue weighted by Gasteiger charge is -2.47. The number of carbonyl (C=O) groups is 9. The van der Waals surface area contributed by atoms with Crippen molar-refractivity contribution in [1.82, 2.24) is 0 Å². The Bertz CT molecular complexity index is 4810. The number of benzene rings is 6. The van der Waals surface area contributed by atoms with Crippen LogP contribution in [0.5, 0.6) is 0 Å². The predicted octanol–water partition coefficient (Wildman–Crippen LogP) is 14.6. The zero-order valence-electron chi connectivity index (χ0n) is 74.7. The molecule has 6 aromatic carbocycles.